The first-order chi connectivity index (χ1) is 14.2. The number of carbonyl (C=O) groups is 4. The molecule has 6 unspecified atom stereocenters. The molecule has 156 valence electrons. The van der Waals surface area contributed by atoms with Crippen LogP contribution in [0.15, 0.2) is 29.8 Å². The van der Waals surface area contributed by atoms with Gasteiger partial charge in [0.05, 0.1) is 23.7 Å². The number of para-hydroxylation sites is 1. The lowest BCUT2D eigenvalue weighted by Gasteiger charge is -2.43. The number of rotatable bonds is 1. The van der Waals surface area contributed by atoms with Gasteiger partial charge in [-0.15, -0.1) is 0 Å². The molecule has 10 heteroatoms. The fourth-order valence-corrected chi connectivity index (χ4v) is 5.69. The van der Waals surface area contributed by atoms with Crippen molar-refractivity contribution >= 4 is 23.6 Å². The first kappa shape index (κ1) is 18.9. The van der Waals surface area contributed by atoms with Crippen molar-refractivity contribution in [1.29, 1.82) is 0 Å². The molecular weight excluding hydrogens is 399 g/mol. The minimum Gasteiger partial charge on any atom is -0.505 e. The minimum atomic E-state index is -1.08. The predicted octanol–water partition coefficient (Wildman–Crippen LogP) is 0.946. The number of nitrogens with zero attached hydrogens (tertiary/aromatic N) is 2. The van der Waals surface area contributed by atoms with E-state index in [4.69, 9.17) is 0 Å². The summed E-state index contributed by atoms with van der Waals surface area (Å²) in [6.45, 7) is 0. The molecule has 2 aliphatic carbocycles. The Kier molecular flexibility index (Phi) is 3.90. The standard InChI is InChI=1S/C20H17FN2O7/c21-12-3-1-2-8(16(12)24)13-7-4-5-9-14(19(27)22(29)17(9)25)10(7)6-11-15(13)20(28)23(30)18(11)26/h1-4,9-11,13-15,24,29-30H,5-6H2. The van der Waals surface area contributed by atoms with E-state index in [1.807, 2.05) is 0 Å². The number of imide groups is 2. The molecule has 30 heavy (non-hydrogen) atoms. The maximum absolute atomic E-state index is 14.1. The Morgan fingerprint density at radius 2 is 1.50 bits per heavy atom. The normalized spacial score (nSPS) is 35.4. The summed E-state index contributed by atoms with van der Waals surface area (Å²) in [6.07, 6.45) is 1.80. The summed E-state index contributed by atoms with van der Waals surface area (Å²) in [6, 6.07) is 3.82. The van der Waals surface area contributed by atoms with E-state index in [0.29, 0.717) is 5.57 Å². The number of amides is 4. The molecule has 4 amide bonds. The van der Waals surface area contributed by atoms with E-state index in [-0.39, 0.29) is 28.5 Å². The highest BCUT2D eigenvalue weighted by molar-refractivity contribution is 6.06. The maximum Gasteiger partial charge on any atom is 0.258 e. The average molecular weight is 416 g/mol. The van der Waals surface area contributed by atoms with Gasteiger partial charge < -0.3 is 5.11 Å². The number of benzene rings is 1. The summed E-state index contributed by atoms with van der Waals surface area (Å²) in [5.41, 5.74) is 0.583. The van der Waals surface area contributed by atoms with Crippen molar-refractivity contribution in [2.24, 2.45) is 29.6 Å². The predicted molar refractivity (Wildman–Crippen MR) is 92.9 cm³/mol. The number of carbonyl (C=O) groups excluding carboxylic acids is 4. The zero-order valence-electron chi connectivity index (χ0n) is 15.4. The van der Waals surface area contributed by atoms with Crippen LogP contribution in [0.2, 0.25) is 0 Å². The minimum absolute atomic E-state index is 0.0126. The smallest absolute Gasteiger partial charge is 0.258 e. The molecular formula is C20H17FN2O7. The van der Waals surface area contributed by atoms with E-state index >= 15 is 0 Å². The van der Waals surface area contributed by atoms with Crippen molar-refractivity contribution < 1.29 is 39.1 Å². The van der Waals surface area contributed by atoms with Gasteiger partial charge in [0.2, 0.25) is 0 Å². The number of phenols is 1. The number of aromatic hydroxyl groups is 1. The fraction of sp³-hybridized carbons (Fsp3) is 0.400. The number of phenolic OH excluding ortho intramolecular Hbond substituents is 1. The number of allylic oxidation sites excluding steroid dienone is 2. The average Bonchev–Trinajstić information content (AvgIpc) is 3.09. The lowest BCUT2D eigenvalue weighted by molar-refractivity contribution is -0.174. The van der Waals surface area contributed by atoms with Crippen molar-refractivity contribution in [2.45, 2.75) is 18.8 Å². The molecule has 5 rings (SSSR count). The van der Waals surface area contributed by atoms with Gasteiger partial charge in [-0.05, 0) is 24.8 Å². The first-order valence-electron chi connectivity index (χ1n) is 9.54. The van der Waals surface area contributed by atoms with Crippen LogP contribution in [0.4, 0.5) is 4.39 Å². The third-order valence-corrected chi connectivity index (χ3v) is 6.95. The highest BCUT2D eigenvalue weighted by atomic mass is 19.1. The van der Waals surface area contributed by atoms with Gasteiger partial charge in [-0.1, -0.05) is 23.8 Å². The van der Waals surface area contributed by atoms with Crippen molar-refractivity contribution in [3.8, 4) is 5.75 Å². The van der Waals surface area contributed by atoms with Crippen LogP contribution in [-0.4, -0.2) is 49.3 Å². The number of hydrogen-bond donors (Lipinski definition) is 3. The molecule has 3 N–H and O–H groups in total. The SMILES string of the molecule is O=C1C2CC=C3C(CC4C(=O)N(O)C(=O)C4C3c3cccc(F)c3O)C2C(=O)N1O. The van der Waals surface area contributed by atoms with E-state index in [9.17, 15) is 39.1 Å². The molecule has 1 aromatic rings. The molecule has 4 aliphatic rings. The van der Waals surface area contributed by atoms with Gasteiger partial charge in [-0.2, -0.15) is 10.1 Å². The van der Waals surface area contributed by atoms with Crippen molar-refractivity contribution in [3.05, 3.63) is 41.2 Å². The Morgan fingerprint density at radius 1 is 0.867 bits per heavy atom. The van der Waals surface area contributed by atoms with Gasteiger partial charge in [-0.3, -0.25) is 29.6 Å². The van der Waals surface area contributed by atoms with E-state index in [1.54, 1.807) is 6.08 Å². The number of fused-ring (bicyclic) bond motifs is 4. The quantitative estimate of drug-likeness (QED) is 0.352. The second-order valence-corrected chi connectivity index (χ2v) is 8.18. The molecule has 2 saturated heterocycles. The van der Waals surface area contributed by atoms with Crippen LogP contribution < -0.4 is 0 Å². The molecule has 0 aromatic heterocycles. The monoisotopic (exact) mass is 416 g/mol. The van der Waals surface area contributed by atoms with Crippen LogP contribution in [0, 0.1) is 35.4 Å². The van der Waals surface area contributed by atoms with Gasteiger partial charge in [-0.25, -0.2) is 4.39 Å². The van der Waals surface area contributed by atoms with Gasteiger partial charge >= 0.3 is 0 Å². The Morgan fingerprint density at radius 3 is 2.20 bits per heavy atom. The molecule has 9 nitrogen and oxygen atoms in total. The Balaban J connectivity index is 1.69. The topological polar surface area (TPSA) is 135 Å². The second kappa shape index (κ2) is 6.19. The number of hydroxylamine groups is 4. The van der Waals surface area contributed by atoms with Gasteiger partial charge in [0, 0.05) is 11.5 Å². The first-order valence-corrected chi connectivity index (χ1v) is 9.54. The van der Waals surface area contributed by atoms with Crippen molar-refractivity contribution in [2.75, 3.05) is 0 Å². The molecule has 2 heterocycles. The van der Waals surface area contributed by atoms with Crippen molar-refractivity contribution in [1.82, 2.24) is 10.1 Å². The van der Waals surface area contributed by atoms with Crippen LogP contribution in [0.1, 0.15) is 24.3 Å². The molecule has 0 radical (unpaired) electrons. The fourth-order valence-electron chi connectivity index (χ4n) is 5.69. The third-order valence-electron chi connectivity index (χ3n) is 6.95. The Hall–Kier alpha value is -3.11. The van der Waals surface area contributed by atoms with Gasteiger partial charge in [0.1, 0.15) is 0 Å². The largest absolute Gasteiger partial charge is 0.505 e. The molecule has 1 saturated carbocycles. The molecule has 0 spiro atoms. The van der Waals surface area contributed by atoms with Crippen molar-refractivity contribution in [3.63, 3.8) is 0 Å². The van der Waals surface area contributed by atoms with E-state index in [1.165, 1.54) is 12.1 Å². The van der Waals surface area contributed by atoms with E-state index in [2.05, 4.69) is 0 Å². The highest BCUT2D eigenvalue weighted by Gasteiger charge is 2.62. The molecule has 1 aromatic carbocycles. The molecule has 6 atom stereocenters. The Labute approximate surface area is 168 Å². The number of halogens is 1. The van der Waals surface area contributed by atoms with Crippen LogP contribution >= 0.6 is 0 Å². The van der Waals surface area contributed by atoms with Crippen LogP contribution in [0.25, 0.3) is 0 Å². The molecule has 2 aliphatic heterocycles. The van der Waals surface area contributed by atoms with Gasteiger partial charge in [0.15, 0.2) is 11.6 Å². The van der Waals surface area contributed by atoms with Crippen LogP contribution in [-0.2, 0) is 19.2 Å². The van der Waals surface area contributed by atoms with Gasteiger partial charge in [0.25, 0.3) is 23.6 Å². The zero-order chi connectivity index (χ0) is 21.5. The summed E-state index contributed by atoms with van der Waals surface area (Å²) in [5, 5.41) is 30.3. The summed E-state index contributed by atoms with van der Waals surface area (Å²) in [7, 11) is 0. The molecule has 3 fully saturated rings. The maximum atomic E-state index is 14.1. The molecule has 0 bridgehead atoms. The van der Waals surface area contributed by atoms with E-state index in [0.717, 1.165) is 6.07 Å². The highest BCUT2D eigenvalue weighted by Crippen LogP contribution is 2.58. The lowest BCUT2D eigenvalue weighted by atomic mass is 9.57. The van der Waals surface area contributed by atoms with Crippen LogP contribution in [0.5, 0.6) is 5.75 Å². The zero-order valence-corrected chi connectivity index (χ0v) is 15.4. The second-order valence-electron chi connectivity index (χ2n) is 8.18. The Bertz CT molecular complexity index is 1050. The summed E-state index contributed by atoms with van der Waals surface area (Å²) in [5.74, 6) is -10.3. The number of hydrogen-bond acceptors (Lipinski definition) is 7. The van der Waals surface area contributed by atoms with E-state index < -0.39 is 70.7 Å². The summed E-state index contributed by atoms with van der Waals surface area (Å²) < 4.78 is 14.1. The lowest BCUT2D eigenvalue weighted by Crippen LogP contribution is -2.43. The summed E-state index contributed by atoms with van der Waals surface area (Å²) >= 11 is 0. The third kappa shape index (κ3) is 2.23. The summed E-state index contributed by atoms with van der Waals surface area (Å²) in [4.78, 5) is 50.0. The van der Waals surface area contributed by atoms with Crippen LogP contribution in [0.3, 0.4) is 0 Å².